The molecule has 0 radical (unpaired) electrons. The van der Waals surface area contributed by atoms with E-state index in [4.69, 9.17) is 23.4 Å². The molecule has 1 aliphatic heterocycles. The Bertz CT molecular complexity index is 1200. The van der Waals surface area contributed by atoms with Crippen LogP contribution in [0.15, 0.2) is 97.6 Å². The summed E-state index contributed by atoms with van der Waals surface area (Å²) in [5, 5.41) is 2.32. The minimum Gasteiger partial charge on any atom is -0.497 e. The number of rotatable bonds is 9. The molecule has 1 fully saturated rings. The molecule has 0 spiro atoms. The van der Waals surface area contributed by atoms with Crippen LogP contribution < -0.4 is 15.1 Å². The first kappa shape index (κ1) is 28.7. The standard InChI is InChI=1S/C33H38O5Si/c1-6-14-30-31(25-36-32(38-30)26-19-21-27(34-5)22-20-26)35-23-13-24-37-39(33(2,3)4,28-15-9-7-10-16-28)29-17-11-8-12-18-29/h6-12,15-22,30-32H,1,14,24-25H2,2-5H3/t30-,31+,32+/m0/s1. The molecule has 0 N–H and O–H groups in total. The van der Waals surface area contributed by atoms with Crippen molar-refractivity contribution in [3.8, 4) is 17.8 Å². The van der Waals surface area contributed by atoms with Crippen molar-refractivity contribution in [2.24, 2.45) is 0 Å². The molecule has 0 aliphatic carbocycles. The van der Waals surface area contributed by atoms with Gasteiger partial charge in [-0.1, -0.05) is 99.6 Å². The lowest BCUT2D eigenvalue weighted by Gasteiger charge is -2.42. The molecule has 0 unspecified atom stereocenters. The van der Waals surface area contributed by atoms with Gasteiger partial charge >= 0.3 is 0 Å². The Morgan fingerprint density at radius 1 is 0.949 bits per heavy atom. The molecule has 3 atom stereocenters. The number of ether oxygens (including phenoxy) is 4. The lowest BCUT2D eigenvalue weighted by atomic mass is 10.1. The minimum atomic E-state index is -2.65. The normalized spacial score (nSPS) is 19.4. The SMILES string of the molecule is C=CC[C@@H]1O[C@H](c2ccc(OC)cc2)OC[C@H]1OC#CCO[Si](c1ccccc1)(c1ccccc1)C(C)(C)C. The summed E-state index contributed by atoms with van der Waals surface area (Å²) >= 11 is 0. The zero-order chi connectivity index (χ0) is 27.7. The lowest BCUT2D eigenvalue weighted by molar-refractivity contribution is -0.254. The number of hydrogen-bond donors (Lipinski definition) is 0. The second-order valence-electron chi connectivity index (χ2n) is 10.5. The summed E-state index contributed by atoms with van der Waals surface area (Å²) in [6.45, 7) is 11.2. The molecule has 3 aromatic carbocycles. The molecule has 4 rings (SSSR count). The van der Waals surface area contributed by atoms with Gasteiger partial charge in [0.1, 0.15) is 18.0 Å². The van der Waals surface area contributed by atoms with Crippen molar-refractivity contribution in [2.75, 3.05) is 20.3 Å². The van der Waals surface area contributed by atoms with E-state index in [1.54, 1.807) is 7.11 Å². The third-order valence-corrected chi connectivity index (χ3v) is 12.0. The molecular weight excluding hydrogens is 504 g/mol. The fraction of sp³-hybridized carbons (Fsp3) is 0.333. The summed E-state index contributed by atoms with van der Waals surface area (Å²) in [6.07, 6.45) is 4.29. The van der Waals surface area contributed by atoms with E-state index in [0.29, 0.717) is 13.0 Å². The summed E-state index contributed by atoms with van der Waals surface area (Å²) < 4.78 is 30.2. The largest absolute Gasteiger partial charge is 0.497 e. The van der Waals surface area contributed by atoms with Gasteiger partial charge in [0.05, 0.1) is 20.3 Å². The first-order valence-corrected chi connectivity index (χ1v) is 15.2. The van der Waals surface area contributed by atoms with E-state index < -0.39 is 14.6 Å². The van der Waals surface area contributed by atoms with Crippen molar-refractivity contribution >= 4 is 18.7 Å². The molecule has 0 bridgehead atoms. The minimum absolute atomic E-state index is 0.116. The quantitative estimate of drug-likeness (QED) is 0.200. The average molecular weight is 543 g/mol. The predicted octanol–water partition coefficient (Wildman–Crippen LogP) is 5.61. The molecule has 1 saturated heterocycles. The number of methoxy groups -OCH3 is 1. The van der Waals surface area contributed by atoms with Crippen molar-refractivity contribution in [3.05, 3.63) is 103 Å². The molecule has 6 heteroatoms. The van der Waals surface area contributed by atoms with Crippen molar-refractivity contribution in [1.82, 2.24) is 0 Å². The second kappa shape index (κ2) is 13.1. The van der Waals surface area contributed by atoms with Gasteiger partial charge in [0.25, 0.3) is 8.32 Å². The Hall–Kier alpha value is -3.34. The van der Waals surface area contributed by atoms with Gasteiger partial charge in [0.2, 0.25) is 0 Å². The Labute approximate surface area is 233 Å². The molecule has 5 nitrogen and oxygen atoms in total. The molecule has 0 aromatic heterocycles. The van der Waals surface area contributed by atoms with E-state index in [1.165, 1.54) is 10.4 Å². The zero-order valence-electron chi connectivity index (χ0n) is 23.3. The van der Waals surface area contributed by atoms with Gasteiger partial charge in [-0.15, -0.1) is 6.58 Å². The van der Waals surface area contributed by atoms with Gasteiger partial charge in [-0.25, -0.2) is 0 Å². The van der Waals surface area contributed by atoms with Crippen LogP contribution in [0, 0.1) is 12.0 Å². The highest BCUT2D eigenvalue weighted by Gasteiger charge is 2.50. The predicted molar refractivity (Wildman–Crippen MR) is 158 cm³/mol. The van der Waals surface area contributed by atoms with Crippen LogP contribution in [-0.2, 0) is 18.6 Å². The van der Waals surface area contributed by atoms with E-state index in [9.17, 15) is 0 Å². The van der Waals surface area contributed by atoms with E-state index in [0.717, 1.165) is 11.3 Å². The maximum atomic E-state index is 6.82. The summed E-state index contributed by atoms with van der Waals surface area (Å²) in [4.78, 5) is 0. The molecule has 3 aromatic rings. The van der Waals surface area contributed by atoms with Gasteiger partial charge in [0.15, 0.2) is 12.4 Å². The molecule has 1 aliphatic rings. The monoisotopic (exact) mass is 542 g/mol. The third-order valence-electron chi connectivity index (χ3n) is 6.97. The van der Waals surface area contributed by atoms with Crippen molar-refractivity contribution in [1.29, 1.82) is 0 Å². The topological polar surface area (TPSA) is 46.2 Å². The smallest absolute Gasteiger partial charge is 0.262 e. The van der Waals surface area contributed by atoms with Crippen LogP contribution in [0.1, 0.15) is 39.0 Å². The van der Waals surface area contributed by atoms with Crippen LogP contribution in [0.3, 0.4) is 0 Å². The van der Waals surface area contributed by atoms with Crippen LogP contribution >= 0.6 is 0 Å². The van der Waals surface area contributed by atoms with Gasteiger partial charge < -0.3 is 23.4 Å². The van der Waals surface area contributed by atoms with Crippen molar-refractivity contribution in [3.63, 3.8) is 0 Å². The Morgan fingerprint density at radius 3 is 2.10 bits per heavy atom. The highest BCUT2D eigenvalue weighted by Crippen LogP contribution is 2.36. The van der Waals surface area contributed by atoms with Crippen LogP contribution in [0.4, 0.5) is 0 Å². The fourth-order valence-electron chi connectivity index (χ4n) is 5.05. The maximum Gasteiger partial charge on any atom is 0.262 e. The number of hydrogen-bond acceptors (Lipinski definition) is 5. The van der Waals surface area contributed by atoms with Crippen LogP contribution in [0.25, 0.3) is 0 Å². The second-order valence-corrected chi connectivity index (χ2v) is 14.8. The van der Waals surface area contributed by atoms with E-state index >= 15 is 0 Å². The summed E-state index contributed by atoms with van der Waals surface area (Å²) in [5.74, 6) is 3.89. The van der Waals surface area contributed by atoms with E-state index in [1.807, 2.05) is 42.5 Å². The van der Waals surface area contributed by atoms with Crippen LogP contribution in [0.2, 0.25) is 5.04 Å². The summed E-state index contributed by atoms with van der Waals surface area (Å²) in [7, 11) is -1.00. The Balaban J connectivity index is 1.46. The highest BCUT2D eigenvalue weighted by molar-refractivity contribution is 6.99. The van der Waals surface area contributed by atoms with Crippen LogP contribution in [-0.4, -0.2) is 40.8 Å². The Kier molecular flexibility index (Phi) is 9.66. The van der Waals surface area contributed by atoms with Gasteiger partial charge in [-0.2, -0.15) is 0 Å². The lowest BCUT2D eigenvalue weighted by Crippen LogP contribution is -2.66. The first-order valence-electron chi connectivity index (χ1n) is 13.3. The molecule has 0 saturated carbocycles. The Morgan fingerprint density at radius 2 is 1.56 bits per heavy atom. The maximum absolute atomic E-state index is 6.82. The molecule has 204 valence electrons. The van der Waals surface area contributed by atoms with Gasteiger partial charge in [-0.05, 0) is 39.9 Å². The fourth-order valence-corrected chi connectivity index (χ4v) is 9.49. The molecular formula is C33H38O5Si. The van der Waals surface area contributed by atoms with Gasteiger partial charge in [0, 0.05) is 5.56 Å². The van der Waals surface area contributed by atoms with Crippen molar-refractivity contribution in [2.45, 2.75) is 50.7 Å². The highest BCUT2D eigenvalue weighted by atomic mass is 28.4. The van der Waals surface area contributed by atoms with Gasteiger partial charge in [-0.3, -0.25) is 0 Å². The van der Waals surface area contributed by atoms with Crippen LogP contribution in [0.5, 0.6) is 5.75 Å². The van der Waals surface area contributed by atoms with Crippen molar-refractivity contribution < 1.29 is 23.4 Å². The van der Waals surface area contributed by atoms with E-state index in [-0.39, 0.29) is 23.9 Å². The van der Waals surface area contributed by atoms with E-state index in [2.05, 4.69) is 87.9 Å². The molecule has 0 amide bonds. The summed E-state index contributed by atoms with van der Waals surface area (Å²) in [5.41, 5.74) is 0.924. The molecule has 1 heterocycles. The zero-order valence-corrected chi connectivity index (χ0v) is 24.3. The summed E-state index contributed by atoms with van der Waals surface area (Å²) in [6, 6.07) is 28.7. The first-order chi connectivity index (χ1) is 18.9. The average Bonchev–Trinajstić information content (AvgIpc) is 2.96. The number of benzene rings is 3. The third kappa shape index (κ3) is 6.63. The molecule has 39 heavy (non-hydrogen) atoms.